The number of amides is 2. The summed E-state index contributed by atoms with van der Waals surface area (Å²) in [5.41, 5.74) is 2.33. The zero-order chi connectivity index (χ0) is 24.6. The highest BCUT2D eigenvalue weighted by molar-refractivity contribution is 5.91. The van der Waals surface area contributed by atoms with Crippen molar-refractivity contribution in [3.63, 3.8) is 0 Å². The first kappa shape index (κ1) is 24.3. The number of carbonyl (C=O) groups excluding carboxylic acids is 2. The van der Waals surface area contributed by atoms with E-state index in [1.54, 1.807) is 36.3 Å². The Bertz CT molecular complexity index is 1120. The van der Waals surface area contributed by atoms with Crippen LogP contribution in [-0.4, -0.2) is 54.8 Å². The van der Waals surface area contributed by atoms with Crippen LogP contribution in [0, 0.1) is 0 Å². The van der Waals surface area contributed by atoms with Crippen LogP contribution >= 0.6 is 0 Å². The van der Waals surface area contributed by atoms with Gasteiger partial charge in [0, 0.05) is 12.2 Å². The highest BCUT2D eigenvalue weighted by Crippen LogP contribution is 2.31. The number of methoxy groups -OCH3 is 1. The molecule has 3 aromatic rings. The zero-order valence-electron chi connectivity index (χ0n) is 19.4. The Labute approximate surface area is 204 Å². The monoisotopic (exact) mass is 476 g/mol. The van der Waals surface area contributed by atoms with Crippen molar-refractivity contribution >= 4 is 17.5 Å². The van der Waals surface area contributed by atoms with Crippen molar-refractivity contribution in [3.8, 4) is 11.5 Å². The second kappa shape index (κ2) is 11.5. The fraction of sp³-hybridized carbons (Fsp3) is 0.259. The Morgan fingerprint density at radius 2 is 1.74 bits per heavy atom. The number of morpholine rings is 1. The molecule has 8 heteroatoms. The van der Waals surface area contributed by atoms with Crippen molar-refractivity contribution in [1.29, 1.82) is 0 Å². The molecule has 0 spiro atoms. The summed E-state index contributed by atoms with van der Waals surface area (Å²) in [5.74, 6) is 0.895. The summed E-state index contributed by atoms with van der Waals surface area (Å²) in [6.45, 7) is -0.0789. The highest BCUT2D eigenvalue weighted by Gasteiger charge is 2.37. The normalized spacial score (nSPS) is 17.7. The lowest BCUT2D eigenvalue weighted by atomic mass is 9.98. The van der Waals surface area contributed by atoms with Gasteiger partial charge in [0.1, 0.15) is 24.2 Å². The van der Waals surface area contributed by atoms with E-state index in [1.807, 2.05) is 54.6 Å². The number of hydrogen-bond donors (Lipinski definition) is 2. The molecule has 1 aliphatic heterocycles. The van der Waals surface area contributed by atoms with Crippen LogP contribution in [0.4, 0.5) is 5.69 Å². The molecule has 0 saturated carbocycles. The number of aliphatic hydroxyl groups is 1. The summed E-state index contributed by atoms with van der Waals surface area (Å²) in [4.78, 5) is 26.5. The summed E-state index contributed by atoms with van der Waals surface area (Å²) in [6, 6.07) is 23.2. The first-order valence-corrected chi connectivity index (χ1v) is 11.3. The number of rotatable bonds is 9. The van der Waals surface area contributed by atoms with E-state index in [-0.39, 0.29) is 31.6 Å². The van der Waals surface area contributed by atoms with E-state index in [9.17, 15) is 14.7 Å². The molecule has 8 nitrogen and oxygen atoms in total. The van der Waals surface area contributed by atoms with Crippen LogP contribution in [-0.2, 0) is 20.9 Å². The Morgan fingerprint density at radius 3 is 2.40 bits per heavy atom. The fourth-order valence-corrected chi connectivity index (χ4v) is 3.97. The summed E-state index contributed by atoms with van der Waals surface area (Å²) in [6.07, 6.45) is -0.498. The largest absolute Gasteiger partial charge is 0.497 e. The number of nitrogens with one attached hydrogen (secondary N) is 1. The van der Waals surface area contributed by atoms with E-state index in [0.29, 0.717) is 18.0 Å². The Balaban J connectivity index is 1.39. The van der Waals surface area contributed by atoms with Gasteiger partial charge in [-0.1, -0.05) is 42.5 Å². The van der Waals surface area contributed by atoms with Crippen LogP contribution in [0.3, 0.4) is 0 Å². The number of anilines is 1. The van der Waals surface area contributed by atoms with Crippen LogP contribution < -0.4 is 14.8 Å². The maximum Gasteiger partial charge on any atom is 0.262 e. The molecule has 182 valence electrons. The number of hydrogen-bond acceptors (Lipinski definition) is 6. The van der Waals surface area contributed by atoms with E-state index in [1.165, 1.54) is 0 Å². The topological polar surface area (TPSA) is 97.3 Å². The maximum atomic E-state index is 12.6. The fourth-order valence-electron chi connectivity index (χ4n) is 3.97. The lowest BCUT2D eigenvalue weighted by Crippen LogP contribution is -2.52. The predicted octanol–water partition coefficient (Wildman–Crippen LogP) is 3.17. The van der Waals surface area contributed by atoms with Gasteiger partial charge in [-0.2, -0.15) is 0 Å². The third-order valence-corrected chi connectivity index (χ3v) is 5.79. The number of para-hydroxylation sites is 1. The zero-order valence-corrected chi connectivity index (χ0v) is 19.4. The molecule has 0 aromatic heterocycles. The van der Waals surface area contributed by atoms with Crippen LogP contribution in [0.1, 0.15) is 17.2 Å². The quantitative estimate of drug-likeness (QED) is 0.492. The molecule has 35 heavy (non-hydrogen) atoms. The van der Waals surface area contributed by atoms with Crippen molar-refractivity contribution in [3.05, 3.63) is 90.0 Å². The molecular weight excluding hydrogens is 448 g/mol. The van der Waals surface area contributed by atoms with Crippen molar-refractivity contribution in [2.75, 3.05) is 32.2 Å². The molecule has 1 saturated heterocycles. The van der Waals surface area contributed by atoms with Gasteiger partial charge in [0.2, 0.25) is 5.91 Å². The van der Waals surface area contributed by atoms with Crippen LogP contribution in [0.25, 0.3) is 0 Å². The van der Waals surface area contributed by atoms with Gasteiger partial charge in [-0.15, -0.1) is 0 Å². The Kier molecular flexibility index (Phi) is 7.97. The minimum Gasteiger partial charge on any atom is -0.497 e. The van der Waals surface area contributed by atoms with E-state index in [4.69, 9.17) is 14.2 Å². The van der Waals surface area contributed by atoms with Gasteiger partial charge in [0.05, 0.1) is 19.8 Å². The van der Waals surface area contributed by atoms with E-state index < -0.39 is 12.1 Å². The van der Waals surface area contributed by atoms with Crippen LogP contribution in [0.5, 0.6) is 11.5 Å². The predicted molar refractivity (Wildman–Crippen MR) is 130 cm³/mol. The third kappa shape index (κ3) is 6.17. The summed E-state index contributed by atoms with van der Waals surface area (Å²) in [7, 11) is 1.60. The molecule has 1 aliphatic rings. The molecule has 2 atom stereocenters. The lowest BCUT2D eigenvalue weighted by Gasteiger charge is -2.40. The molecule has 0 bridgehead atoms. The molecule has 1 fully saturated rings. The van der Waals surface area contributed by atoms with Gasteiger partial charge in [0.15, 0.2) is 6.61 Å². The Hall–Kier alpha value is -3.88. The molecule has 4 rings (SSSR count). The number of carbonyl (C=O) groups is 2. The molecular formula is C27H28N2O6. The average Bonchev–Trinajstić information content (AvgIpc) is 2.90. The molecule has 0 radical (unpaired) electrons. The molecule has 1 heterocycles. The lowest BCUT2D eigenvalue weighted by molar-refractivity contribution is -0.162. The average molecular weight is 477 g/mol. The van der Waals surface area contributed by atoms with Crippen molar-refractivity contribution in [1.82, 2.24) is 4.90 Å². The second-order valence-corrected chi connectivity index (χ2v) is 8.12. The first-order chi connectivity index (χ1) is 17.1. The minimum absolute atomic E-state index is 0.0768. The summed E-state index contributed by atoms with van der Waals surface area (Å²) >= 11 is 0. The van der Waals surface area contributed by atoms with Crippen molar-refractivity contribution in [2.24, 2.45) is 0 Å². The van der Waals surface area contributed by atoms with Gasteiger partial charge in [-0.25, -0.2) is 0 Å². The molecule has 0 aliphatic carbocycles. The smallest absolute Gasteiger partial charge is 0.262 e. The van der Waals surface area contributed by atoms with Gasteiger partial charge in [-0.05, 0) is 47.5 Å². The number of ether oxygens (including phenoxy) is 3. The molecule has 2 unspecified atom stereocenters. The van der Waals surface area contributed by atoms with Crippen LogP contribution in [0.15, 0.2) is 78.9 Å². The second-order valence-electron chi connectivity index (χ2n) is 8.12. The standard InChI is InChI=1S/C27H28N2O6/c1-33-22-13-7-19(8-14-22)15-29-24(16-30)27(35-18-26(29)32)20-9-11-21(12-10-20)28-25(31)17-34-23-5-3-2-4-6-23/h2-14,24,27,30H,15-18H2,1H3,(H,28,31). The minimum atomic E-state index is -0.543. The first-order valence-electron chi connectivity index (χ1n) is 11.3. The number of nitrogens with zero attached hydrogens (tertiary/aromatic N) is 1. The SMILES string of the molecule is COc1ccc(CN2C(=O)COC(c3ccc(NC(=O)COc4ccccc4)cc3)C2CO)cc1. The van der Waals surface area contributed by atoms with Gasteiger partial charge in [-0.3, -0.25) is 9.59 Å². The highest BCUT2D eigenvalue weighted by atomic mass is 16.5. The van der Waals surface area contributed by atoms with Gasteiger partial charge in [0.25, 0.3) is 5.91 Å². The van der Waals surface area contributed by atoms with Gasteiger partial charge >= 0.3 is 0 Å². The summed E-state index contributed by atoms with van der Waals surface area (Å²) in [5, 5.41) is 12.9. The summed E-state index contributed by atoms with van der Waals surface area (Å²) < 4.78 is 16.5. The Morgan fingerprint density at radius 1 is 1.03 bits per heavy atom. The number of benzene rings is 3. The van der Waals surface area contributed by atoms with Crippen LogP contribution in [0.2, 0.25) is 0 Å². The molecule has 2 amide bonds. The van der Waals surface area contributed by atoms with Crippen molar-refractivity contribution < 1.29 is 28.9 Å². The molecule has 3 aromatic carbocycles. The van der Waals surface area contributed by atoms with Gasteiger partial charge < -0.3 is 29.5 Å². The van der Waals surface area contributed by atoms with E-state index in [2.05, 4.69) is 5.32 Å². The maximum absolute atomic E-state index is 12.6. The molecule has 2 N–H and O–H groups in total. The third-order valence-electron chi connectivity index (χ3n) is 5.79. The number of aliphatic hydroxyl groups excluding tert-OH is 1. The van der Waals surface area contributed by atoms with E-state index in [0.717, 1.165) is 16.9 Å². The van der Waals surface area contributed by atoms with E-state index >= 15 is 0 Å². The van der Waals surface area contributed by atoms with Crippen molar-refractivity contribution in [2.45, 2.75) is 18.7 Å².